The average Bonchev–Trinajstić information content (AvgIpc) is 2.74. The van der Waals surface area contributed by atoms with Crippen LogP contribution in [0.3, 0.4) is 0 Å². The van der Waals surface area contributed by atoms with E-state index in [4.69, 9.17) is 5.41 Å². The van der Waals surface area contributed by atoms with E-state index in [0.29, 0.717) is 4.80 Å². The Bertz CT molecular complexity index is 582. The summed E-state index contributed by atoms with van der Waals surface area (Å²) >= 11 is 2.97. The van der Waals surface area contributed by atoms with E-state index in [1.165, 1.54) is 11.3 Å². The van der Waals surface area contributed by atoms with Gasteiger partial charge in [-0.1, -0.05) is 0 Å². The van der Waals surface area contributed by atoms with Gasteiger partial charge in [0.15, 0.2) is 10.6 Å². The Balaban J connectivity index is 0.00000144. The lowest BCUT2D eigenvalue weighted by Crippen LogP contribution is -2.18. The van der Waals surface area contributed by atoms with Crippen LogP contribution in [0.4, 0.5) is 0 Å². The molecule has 2 heterocycles. The third-order valence-corrected chi connectivity index (χ3v) is 4.02. The maximum absolute atomic E-state index is 12.0. The van der Waals surface area contributed by atoms with Gasteiger partial charge in [-0.05, 0) is 19.9 Å². The number of nitrogens with zero attached hydrogens (tertiary/aromatic N) is 1. The van der Waals surface area contributed by atoms with E-state index in [1.54, 1.807) is 22.1 Å². The first-order chi connectivity index (χ1) is 7.58. The molecule has 92 valence electrons. The monoisotopic (exact) mass is 332 g/mol. The second-order valence-electron chi connectivity index (χ2n) is 3.59. The van der Waals surface area contributed by atoms with Crippen molar-refractivity contribution in [3.8, 4) is 0 Å². The number of aryl methyl sites for hydroxylation is 2. The van der Waals surface area contributed by atoms with Crippen molar-refractivity contribution in [2.45, 2.75) is 20.4 Å². The maximum atomic E-state index is 12.0. The van der Waals surface area contributed by atoms with Gasteiger partial charge < -0.3 is 4.57 Å². The molecule has 3 nitrogen and oxygen atoms in total. The molecule has 0 spiro atoms. The first kappa shape index (κ1) is 14.3. The van der Waals surface area contributed by atoms with Crippen LogP contribution < -0.4 is 4.80 Å². The molecule has 2 aromatic rings. The third kappa shape index (κ3) is 3.14. The summed E-state index contributed by atoms with van der Waals surface area (Å²) in [5, 5.41) is 9.42. The zero-order valence-electron chi connectivity index (χ0n) is 9.52. The fourth-order valence-electron chi connectivity index (χ4n) is 1.58. The Kier molecular flexibility index (Phi) is 4.85. The molecule has 2 aromatic heterocycles. The summed E-state index contributed by atoms with van der Waals surface area (Å²) in [6.07, 6.45) is 1.78. The summed E-state index contributed by atoms with van der Waals surface area (Å²) in [7, 11) is 0. The predicted octanol–water partition coefficient (Wildman–Crippen LogP) is 3.17. The summed E-state index contributed by atoms with van der Waals surface area (Å²) in [5.41, 5.74) is 0.792. The molecular formula is C11H13BrN2OS2. The SMILES string of the molecule is Br.Cc1cc(C(=O)Cn2ccsc2=N)c(C)s1. The van der Waals surface area contributed by atoms with Crippen molar-refractivity contribution in [1.82, 2.24) is 4.57 Å². The van der Waals surface area contributed by atoms with E-state index in [0.717, 1.165) is 15.3 Å². The standard InChI is InChI=1S/C11H12N2OS2.BrH/c1-7-5-9(8(2)16-7)10(14)6-13-3-4-15-11(13)12;/h3-5,12H,6H2,1-2H3;1H. The Morgan fingerprint density at radius 2 is 2.18 bits per heavy atom. The van der Waals surface area contributed by atoms with E-state index in [-0.39, 0.29) is 29.3 Å². The van der Waals surface area contributed by atoms with Crippen LogP contribution in [0, 0.1) is 19.3 Å². The number of rotatable bonds is 3. The molecule has 0 aliphatic rings. The van der Waals surface area contributed by atoms with Gasteiger partial charge in [0.25, 0.3) is 0 Å². The number of aromatic nitrogens is 1. The van der Waals surface area contributed by atoms with Gasteiger partial charge in [-0.3, -0.25) is 10.2 Å². The van der Waals surface area contributed by atoms with Crippen LogP contribution in [0.2, 0.25) is 0 Å². The molecular weight excluding hydrogens is 320 g/mol. The summed E-state index contributed by atoms with van der Waals surface area (Å²) in [6.45, 7) is 4.23. The highest BCUT2D eigenvalue weighted by atomic mass is 79.9. The number of halogens is 1. The highest BCUT2D eigenvalue weighted by Crippen LogP contribution is 2.21. The number of carbonyl (C=O) groups excluding carboxylic acids is 1. The van der Waals surface area contributed by atoms with Crippen molar-refractivity contribution in [2.75, 3.05) is 0 Å². The quantitative estimate of drug-likeness (QED) is 0.862. The van der Waals surface area contributed by atoms with Crippen molar-refractivity contribution in [3.63, 3.8) is 0 Å². The highest BCUT2D eigenvalue weighted by molar-refractivity contribution is 8.93. The first-order valence-electron chi connectivity index (χ1n) is 4.86. The molecule has 6 heteroatoms. The molecule has 0 aliphatic heterocycles. The normalized spacial score (nSPS) is 10.0. The number of hydrogen-bond acceptors (Lipinski definition) is 4. The first-order valence-corrected chi connectivity index (χ1v) is 6.56. The largest absolute Gasteiger partial charge is 0.316 e. The molecule has 0 saturated carbocycles. The van der Waals surface area contributed by atoms with Crippen LogP contribution in [0.25, 0.3) is 0 Å². The van der Waals surface area contributed by atoms with Crippen LogP contribution in [-0.2, 0) is 6.54 Å². The van der Waals surface area contributed by atoms with Gasteiger partial charge in [-0.2, -0.15) is 0 Å². The van der Waals surface area contributed by atoms with Crippen molar-refractivity contribution < 1.29 is 4.79 Å². The molecule has 0 aromatic carbocycles. The molecule has 0 fully saturated rings. The van der Waals surface area contributed by atoms with E-state index < -0.39 is 0 Å². The molecule has 1 N–H and O–H groups in total. The molecule has 0 bridgehead atoms. The zero-order valence-corrected chi connectivity index (χ0v) is 12.9. The Morgan fingerprint density at radius 1 is 1.47 bits per heavy atom. The van der Waals surface area contributed by atoms with Gasteiger partial charge in [-0.15, -0.1) is 39.7 Å². The van der Waals surface area contributed by atoms with Gasteiger partial charge in [0, 0.05) is 26.9 Å². The van der Waals surface area contributed by atoms with Gasteiger partial charge in [-0.25, -0.2) is 0 Å². The molecule has 2 rings (SSSR count). The molecule has 0 atom stereocenters. The minimum absolute atomic E-state index is 0. The van der Waals surface area contributed by atoms with Crippen molar-refractivity contribution in [2.24, 2.45) is 0 Å². The van der Waals surface area contributed by atoms with Gasteiger partial charge >= 0.3 is 0 Å². The minimum atomic E-state index is 0. The smallest absolute Gasteiger partial charge is 0.183 e. The second-order valence-corrected chi connectivity index (χ2v) is 5.94. The zero-order chi connectivity index (χ0) is 11.7. The molecule has 0 aliphatic carbocycles. The lowest BCUT2D eigenvalue weighted by molar-refractivity contribution is 0.0971. The van der Waals surface area contributed by atoms with E-state index in [9.17, 15) is 4.79 Å². The highest BCUT2D eigenvalue weighted by Gasteiger charge is 2.12. The number of thiophene rings is 1. The average molecular weight is 333 g/mol. The Hall–Kier alpha value is -0.720. The van der Waals surface area contributed by atoms with Crippen molar-refractivity contribution in [3.05, 3.63) is 37.8 Å². The summed E-state index contributed by atoms with van der Waals surface area (Å²) in [5.74, 6) is 0.0822. The number of carbonyl (C=O) groups is 1. The minimum Gasteiger partial charge on any atom is -0.316 e. The van der Waals surface area contributed by atoms with Crippen molar-refractivity contribution >= 4 is 45.4 Å². The van der Waals surface area contributed by atoms with Gasteiger partial charge in [0.2, 0.25) is 0 Å². The maximum Gasteiger partial charge on any atom is 0.183 e. The molecule has 0 radical (unpaired) electrons. The van der Waals surface area contributed by atoms with Crippen LogP contribution in [0.15, 0.2) is 17.6 Å². The van der Waals surface area contributed by atoms with Crippen LogP contribution in [0.1, 0.15) is 20.1 Å². The van der Waals surface area contributed by atoms with Gasteiger partial charge in [0.05, 0.1) is 6.54 Å². The fraction of sp³-hybridized carbons (Fsp3) is 0.273. The molecule has 0 amide bonds. The molecule has 0 unspecified atom stereocenters. The summed E-state index contributed by atoms with van der Waals surface area (Å²) < 4.78 is 1.67. The third-order valence-electron chi connectivity index (χ3n) is 2.34. The van der Waals surface area contributed by atoms with Crippen molar-refractivity contribution in [1.29, 1.82) is 5.41 Å². The number of ketones is 1. The number of hydrogen-bond donors (Lipinski definition) is 1. The second kappa shape index (κ2) is 5.75. The van der Waals surface area contributed by atoms with Crippen LogP contribution >= 0.6 is 39.7 Å². The Labute approximate surface area is 118 Å². The van der Waals surface area contributed by atoms with E-state index >= 15 is 0 Å². The number of nitrogens with one attached hydrogen (secondary N) is 1. The number of thiazole rings is 1. The molecule has 0 saturated heterocycles. The summed E-state index contributed by atoms with van der Waals surface area (Å²) in [6, 6.07) is 1.93. The Morgan fingerprint density at radius 3 is 2.65 bits per heavy atom. The summed E-state index contributed by atoms with van der Waals surface area (Å²) in [4.78, 5) is 14.6. The lowest BCUT2D eigenvalue weighted by Gasteiger charge is -2.01. The molecule has 17 heavy (non-hydrogen) atoms. The van der Waals surface area contributed by atoms with Crippen LogP contribution in [-0.4, -0.2) is 10.4 Å². The fourth-order valence-corrected chi connectivity index (χ4v) is 3.12. The topological polar surface area (TPSA) is 45.9 Å². The van der Waals surface area contributed by atoms with E-state index in [1.807, 2.05) is 25.3 Å². The number of Topliss-reactive ketones (excluding diaryl/α,β-unsaturated/α-hetero) is 1. The van der Waals surface area contributed by atoms with Gasteiger partial charge in [0.1, 0.15) is 0 Å². The van der Waals surface area contributed by atoms with Crippen LogP contribution in [0.5, 0.6) is 0 Å². The lowest BCUT2D eigenvalue weighted by atomic mass is 10.1. The predicted molar refractivity (Wildman–Crippen MR) is 76.6 cm³/mol. The van der Waals surface area contributed by atoms with E-state index in [2.05, 4.69) is 0 Å².